The molecule has 0 amide bonds. The molecule has 0 heterocycles. The summed E-state index contributed by atoms with van der Waals surface area (Å²) in [6.07, 6.45) is 15.5. The van der Waals surface area contributed by atoms with Crippen molar-refractivity contribution in [3.8, 4) is 0 Å². The minimum atomic E-state index is 0. The van der Waals surface area contributed by atoms with Crippen molar-refractivity contribution in [2.45, 2.75) is 12.8 Å². The van der Waals surface area contributed by atoms with Crippen LogP contribution in [0.5, 0.6) is 0 Å². The van der Waals surface area contributed by atoms with Crippen LogP contribution in [-0.2, 0) is 32.6 Å². The molecule has 0 bridgehead atoms. The van der Waals surface area contributed by atoms with Crippen molar-refractivity contribution in [2.24, 2.45) is 0 Å². The second-order valence-electron chi connectivity index (χ2n) is 3.31. The van der Waals surface area contributed by atoms with Gasteiger partial charge in [-0.1, -0.05) is 36.4 Å². The van der Waals surface area contributed by atoms with Crippen LogP contribution in [0.4, 0.5) is 0 Å². The average molecular weight is 288 g/mol. The maximum Gasteiger partial charge on any atom is 2.00 e. The molecule has 2 aliphatic carbocycles. The van der Waals surface area contributed by atoms with Gasteiger partial charge in [0.25, 0.3) is 0 Å². The zero-order valence-electron chi connectivity index (χ0n) is 9.61. The van der Waals surface area contributed by atoms with Gasteiger partial charge in [0.15, 0.2) is 0 Å². The van der Waals surface area contributed by atoms with E-state index in [1.165, 1.54) is 11.1 Å². The Kier molecular flexibility index (Phi) is 8.11. The summed E-state index contributed by atoms with van der Waals surface area (Å²) < 4.78 is 0. The van der Waals surface area contributed by atoms with E-state index in [9.17, 15) is 0 Å². The van der Waals surface area contributed by atoms with Gasteiger partial charge in [0.2, 0.25) is 0 Å². The van der Waals surface area contributed by atoms with E-state index in [2.05, 4.69) is 48.6 Å². The van der Waals surface area contributed by atoms with Crippen LogP contribution in [0.3, 0.4) is 0 Å². The van der Waals surface area contributed by atoms with Crippen LogP contribution in [0.15, 0.2) is 48.6 Å². The molecule has 0 fully saturated rings. The first-order chi connectivity index (χ1) is 6.97. The quantitative estimate of drug-likeness (QED) is 0.633. The molecular formula is C15H16Zr. The standard InChI is InChI=1S/C9H8.C5H5.CH3.Zr/c1-2-5-9-7-3-6-8(9)4-1;1-2-4-5-3-1;;/h1-6H,7H2;1-3H,4H2;1H3;/q;2*-1;+2. The van der Waals surface area contributed by atoms with Crippen molar-refractivity contribution in [2.75, 3.05) is 0 Å². The summed E-state index contributed by atoms with van der Waals surface area (Å²) in [4.78, 5) is 0. The van der Waals surface area contributed by atoms with Gasteiger partial charge in [0, 0.05) is 0 Å². The number of fused-ring (bicyclic) bond motifs is 1. The predicted octanol–water partition coefficient (Wildman–Crippen LogP) is 4.01. The van der Waals surface area contributed by atoms with Gasteiger partial charge in [0.1, 0.15) is 0 Å². The Bertz CT molecular complexity index is 376. The molecule has 0 radical (unpaired) electrons. The zero-order chi connectivity index (χ0) is 9.64. The molecule has 0 unspecified atom stereocenters. The first-order valence-corrected chi connectivity index (χ1v) is 4.93. The van der Waals surface area contributed by atoms with E-state index >= 15 is 0 Å². The van der Waals surface area contributed by atoms with Gasteiger partial charge >= 0.3 is 26.2 Å². The maximum absolute atomic E-state index is 2.99. The summed E-state index contributed by atoms with van der Waals surface area (Å²) >= 11 is 0. The van der Waals surface area contributed by atoms with Crippen molar-refractivity contribution in [1.82, 2.24) is 0 Å². The summed E-state index contributed by atoms with van der Waals surface area (Å²) in [5.41, 5.74) is 2.84. The first kappa shape index (κ1) is 15.3. The SMILES string of the molecule is C1=Cc2ccccc2C1.[C-]1=CC=CC1.[CH3-].[Zr+2]. The molecule has 3 rings (SSSR count). The second-order valence-corrected chi connectivity index (χ2v) is 3.31. The Labute approximate surface area is 118 Å². The number of hydrogen-bond donors (Lipinski definition) is 0. The van der Waals surface area contributed by atoms with Crippen LogP contribution in [0.2, 0.25) is 0 Å². The molecule has 1 aromatic rings. The van der Waals surface area contributed by atoms with Crippen LogP contribution in [0.25, 0.3) is 6.08 Å². The molecule has 0 nitrogen and oxygen atoms in total. The Hall–Kier alpha value is -0.677. The van der Waals surface area contributed by atoms with Crippen LogP contribution in [-0.4, -0.2) is 0 Å². The van der Waals surface area contributed by atoms with E-state index < -0.39 is 0 Å². The monoisotopic (exact) mass is 286 g/mol. The molecule has 0 atom stereocenters. The smallest absolute Gasteiger partial charge is 0.358 e. The van der Waals surface area contributed by atoms with Crippen molar-refractivity contribution < 1.29 is 26.2 Å². The maximum atomic E-state index is 2.99. The summed E-state index contributed by atoms with van der Waals surface area (Å²) in [5, 5.41) is 0. The van der Waals surface area contributed by atoms with Gasteiger partial charge in [-0.15, -0.1) is 6.42 Å². The molecule has 1 heteroatoms. The minimum Gasteiger partial charge on any atom is -0.358 e. The molecular weight excluding hydrogens is 271 g/mol. The number of hydrogen-bond acceptors (Lipinski definition) is 0. The molecule has 80 valence electrons. The van der Waals surface area contributed by atoms with E-state index in [-0.39, 0.29) is 33.6 Å². The summed E-state index contributed by atoms with van der Waals surface area (Å²) in [5.74, 6) is 0. The molecule has 0 aromatic heterocycles. The Morgan fingerprint density at radius 1 is 1.06 bits per heavy atom. The molecule has 2 aliphatic rings. The second kappa shape index (κ2) is 8.47. The van der Waals surface area contributed by atoms with E-state index in [1.54, 1.807) is 0 Å². The van der Waals surface area contributed by atoms with Crippen LogP contribution in [0.1, 0.15) is 17.5 Å². The normalized spacial score (nSPS) is 13.2. The van der Waals surface area contributed by atoms with E-state index in [1.807, 2.05) is 12.2 Å². The Morgan fingerprint density at radius 3 is 2.44 bits per heavy atom. The van der Waals surface area contributed by atoms with Gasteiger partial charge in [-0.3, -0.25) is 6.08 Å². The van der Waals surface area contributed by atoms with E-state index in [0.29, 0.717) is 0 Å². The topological polar surface area (TPSA) is 0 Å². The van der Waals surface area contributed by atoms with E-state index in [4.69, 9.17) is 0 Å². The van der Waals surface area contributed by atoms with E-state index in [0.717, 1.165) is 12.8 Å². The van der Waals surface area contributed by atoms with Gasteiger partial charge in [0.05, 0.1) is 0 Å². The van der Waals surface area contributed by atoms with Gasteiger partial charge in [-0.25, -0.2) is 12.2 Å². The number of benzene rings is 1. The van der Waals surface area contributed by atoms with Gasteiger partial charge in [-0.05, 0) is 17.5 Å². The molecule has 0 saturated heterocycles. The van der Waals surface area contributed by atoms with Crippen molar-refractivity contribution in [1.29, 1.82) is 0 Å². The average Bonchev–Trinajstić information content (AvgIpc) is 2.92. The zero-order valence-corrected chi connectivity index (χ0v) is 12.1. The van der Waals surface area contributed by atoms with Crippen molar-refractivity contribution >= 4 is 6.08 Å². The fourth-order valence-corrected chi connectivity index (χ4v) is 1.54. The summed E-state index contributed by atoms with van der Waals surface area (Å²) in [6.45, 7) is 0. The van der Waals surface area contributed by atoms with Crippen LogP contribution < -0.4 is 0 Å². The summed E-state index contributed by atoms with van der Waals surface area (Å²) in [7, 11) is 0. The van der Waals surface area contributed by atoms with Crippen molar-refractivity contribution in [3.63, 3.8) is 0 Å². The molecule has 16 heavy (non-hydrogen) atoms. The summed E-state index contributed by atoms with van der Waals surface area (Å²) in [6, 6.07) is 8.49. The third kappa shape index (κ3) is 4.45. The predicted molar refractivity (Wildman–Crippen MR) is 67.2 cm³/mol. The minimum absolute atomic E-state index is 0. The molecule has 0 N–H and O–H groups in total. The molecule has 0 aliphatic heterocycles. The number of allylic oxidation sites excluding steroid dienone is 5. The van der Waals surface area contributed by atoms with Crippen molar-refractivity contribution in [3.05, 3.63) is 73.2 Å². The number of rotatable bonds is 0. The van der Waals surface area contributed by atoms with Crippen LogP contribution >= 0.6 is 0 Å². The first-order valence-electron chi connectivity index (χ1n) is 4.93. The third-order valence-electron chi connectivity index (χ3n) is 2.28. The van der Waals surface area contributed by atoms with Crippen LogP contribution in [0, 0.1) is 13.5 Å². The Morgan fingerprint density at radius 2 is 1.88 bits per heavy atom. The van der Waals surface area contributed by atoms with Gasteiger partial charge < -0.3 is 7.43 Å². The molecule has 0 saturated carbocycles. The Balaban J connectivity index is 0.000000282. The largest absolute Gasteiger partial charge is 2.00 e. The third-order valence-corrected chi connectivity index (χ3v) is 2.28. The molecule has 1 aromatic carbocycles. The van der Waals surface area contributed by atoms with Gasteiger partial charge in [-0.2, -0.15) is 6.08 Å². The molecule has 0 spiro atoms. The fraction of sp³-hybridized carbons (Fsp3) is 0.133. The fourth-order valence-electron chi connectivity index (χ4n) is 1.54.